The van der Waals surface area contributed by atoms with E-state index in [1.807, 2.05) is 18.2 Å². The summed E-state index contributed by atoms with van der Waals surface area (Å²) in [5.41, 5.74) is 0.981. The van der Waals surface area contributed by atoms with Gasteiger partial charge < -0.3 is 14.6 Å². The number of carboxylic acids is 1. The lowest BCUT2D eigenvalue weighted by molar-refractivity contribution is -0.140. The molecule has 0 saturated carbocycles. The molecule has 0 aliphatic carbocycles. The van der Waals surface area contributed by atoms with E-state index in [1.54, 1.807) is 14.2 Å². The van der Waals surface area contributed by atoms with Crippen LogP contribution in [0.5, 0.6) is 11.5 Å². The third-order valence-corrected chi connectivity index (χ3v) is 3.50. The van der Waals surface area contributed by atoms with Gasteiger partial charge in [-0.3, -0.25) is 10.1 Å². The van der Waals surface area contributed by atoms with E-state index in [4.69, 9.17) is 14.6 Å². The number of nitrogens with one attached hydrogen (secondary N) is 1. The Hall–Kier alpha value is -1.75. The molecular formula is C14H19NO4. The summed E-state index contributed by atoms with van der Waals surface area (Å²) >= 11 is 0. The number of ether oxygens (including phenoxy) is 2. The summed E-state index contributed by atoms with van der Waals surface area (Å²) in [7, 11) is 3.21. The largest absolute Gasteiger partial charge is 0.497 e. The minimum absolute atomic E-state index is 0.00991. The molecule has 1 heterocycles. The Morgan fingerprint density at radius 3 is 2.74 bits per heavy atom. The van der Waals surface area contributed by atoms with Crippen LogP contribution in [0.25, 0.3) is 0 Å². The third-order valence-electron chi connectivity index (χ3n) is 3.50. The van der Waals surface area contributed by atoms with Gasteiger partial charge in [-0.1, -0.05) is 6.07 Å². The quantitative estimate of drug-likeness (QED) is 0.871. The minimum Gasteiger partial charge on any atom is -0.497 e. The maximum Gasteiger partial charge on any atom is 0.320 e. The van der Waals surface area contributed by atoms with E-state index in [0.717, 1.165) is 29.9 Å². The SMILES string of the molecule is COc1ccc(C2CCCC(C(=O)O)N2)c(OC)c1. The van der Waals surface area contributed by atoms with E-state index in [2.05, 4.69) is 5.32 Å². The Bertz CT molecular complexity index is 461. The molecule has 1 aromatic rings. The predicted octanol–water partition coefficient (Wildman–Crippen LogP) is 1.97. The number of rotatable bonds is 4. The Morgan fingerprint density at radius 1 is 1.32 bits per heavy atom. The zero-order valence-electron chi connectivity index (χ0n) is 11.2. The van der Waals surface area contributed by atoms with E-state index in [0.29, 0.717) is 6.42 Å². The summed E-state index contributed by atoms with van der Waals surface area (Å²) in [4.78, 5) is 11.1. The van der Waals surface area contributed by atoms with Crippen molar-refractivity contribution in [2.24, 2.45) is 0 Å². The monoisotopic (exact) mass is 265 g/mol. The Kier molecular flexibility index (Phi) is 4.27. The average Bonchev–Trinajstić information content (AvgIpc) is 2.46. The molecule has 1 aliphatic rings. The lowest BCUT2D eigenvalue weighted by Crippen LogP contribution is -2.42. The molecule has 1 aromatic carbocycles. The lowest BCUT2D eigenvalue weighted by Gasteiger charge is -2.29. The van der Waals surface area contributed by atoms with E-state index in [1.165, 1.54) is 0 Å². The summed E-state index contributed by atoms with van der Waals surface area (Å²) in [6.45, 7) is 0. The van der Waals surface area contributed by atoms with Crippen LogP contribution in [-0.4, -0.2) is 31.3 Å². The molecule has 0 bridgehead atoms. The highest BCUT2D eigenvalue weighted by Gasteiger charge is 2.28. The molecule has 0 amide bonds. The summed E-state index contributed by atoms with van der Waals surface area (Å²) in [6, 6.07) is 5.14. The van der Waals surface area contributed by atoms with Gasteiger partial charge in [0.15, 0.2) is 0 Å². The number of aliphatic carboxylic acids is 1. The Labute approximate surface area is 112 Å². The average molecular weight is 265 g/mol. The lowest BCUT2D eigenvalue weighted by atomic mass is 9.93. The van der Waals surface area contributed by atoms with Crippen LogP contribution in [0.3, 0.4) is 0 Å². The second-order valence-electron chi connectivity index (χ2n) is 4.65. The number of hydrogen-bond donors (Lipinski definition) is 2. The molecule has 104 valence electrons. The number of benzene rings is 1. The number of carbonyl (C=O) groups is 1. The second kappa shape index (κ2) is 5.93. The Morgan fingerprint density at radius 2 is 2.11 bits per heavy atom. The number of piperidine rings is 1. The fourth-order valence-electron chi connectivity index (χ4n) is 2.48. The van der Waals surface area contributed by atoms with Crippen molar-refractivity contribution in [3.8, 4) is 11.5 Å². The highest BCUT2D eigenvalue weighted by molar-refractivity contribution is 5.73. The van der Waals surface area contributed by atoms with Crippen molar-refractivity contribution in [1.82, 2.24) is 5.32 Å². The molecule has 5 heteroatoms. The van der Waals surface area contributed by atoms with E-state index >= 15 is 0 Å². The summed E-state index contributed by atoms with van der Waals surface area (Å²) in [5.74, 6) is 0.659. The molecule has 19 heavy (non-hydrogen) atoms. The van der Waals surface area contributed by atoms with Crippen LogP contribution in [0, 0.1) is 0 Å². The van der Waals surface area contributed by atoms with Crippen molar-refractivity contribution in [2.75, 3.05) is 14.2 Å². The fourth-order valence-corrected chi connectivity index (χ4v) is 2.48. The maximum absolute atomic E-state index is 11.1. The van der Waals surface area contributed by atoms with Crippen molar-refractivity contribution >= 4 is 5.97 Å². The van der Waals surface area contributed by atoms with Gasteiger partial charge in [0.25, 0.3) is 0 Å². The summed E-state index contributed by atoms with van der Waals surface area (Å²) in [5, 5.41) is 12.3. The smallest absolute Gasteiger partial charge is 0.320 e. The molecule has 2 N–H and O–H groups in total. The van der Waals surface area contributed by atoms with Gasteiger partial charge in [-0.2, -0.15) is 0 Å². The van der Waals surface area contributed by atoms with Gasteiger partial charge in [0.05, 0.1) is 14.2 Å². The molecule has 1 fully saturated rings. The molecule has 0 aromatic heterocycles. The zero-order valence-corrected chi connectivity index (χ0v) is 11.2. The molecule has 2 unspecified atom stereocenters. The van der Waals surface area contributed by atoms with Crippen LogP contribution in [0.1, 0.15) is 30.9 Å². The van der Waals surface area contributed by atoms with Gasteiger partial charge in [0.2, 0.25) is 0 Å². The van der Waals surface area contributed by atoms with Gasteiger partial charge >= 0.3 is 5.97 Å². The van der Waals surface area contributed by atoms with Crippen molar-refractivity contribution < 1.29 is 19.4 Å². The fraction of sp³-hybridized carbons (Fsp3) is 0.500. The summed E-state index contributed by atoms with van der Waals surface area (Å²) in [6.07, 6.45) is 2.47. The zero-order chi connectivity index (χ0) is 13.8. The Balaban J connectivity index is 2.23. The topological polar surface area (TPSA) is 67.8 Å². The van der Waals surface area contributed by atoms with E-state index < -0.39 is 12.0 Å². The van der Waals surface area contributed by atoms with Crippen molar-refractivity contribution in [1.29, 1.82) is 0 Å². The molecule has 1 aliphatic heterocycles. The van der Waals surface area contributed by atoms with Crippen LogP contribution in [0.15, 0.2) is 18.2 Å². The molecule has 0 spiro atoms. The third kappa shape index (κ3) is 2.98. The highest BCUT2D eigenvalue weighted by atomic mass is 16.5. The first-order valence-electron chi connectivity index (χ1n) is 6.36. The van der Waals surface area contributed by atoms with Crippen LogP contribution in [-0.2, 0) is 4.79 Å². The van der Waals surface area contributed by atoms with Crippen LogP contribution >= 0.6 is 0 Å². The minimum atomic E-state index is -0.794. The maximum atomic E-state index is 11.1. The predicted molar refractivity (Wildman–Crippen MR) is 70.7 cm³/mol. The highest BCUT2D eigenvalue weighted by Crippen LogP contribution is 2.34. The van der Waals surface area contributed by atoms with E-state index in [9.17, 15) is 4.79 Å². The summed E-state index contributed by atoms with van der Waals surface area (Å²) < 4.78 is 10.5. The normalized spacial score (nSPS) is 22.8. The number of hydrogen-bond acceptors (Lipinski definition) is 4. The molecular weight excluding hydrogens is 246 g/mol. The first-order chi connectivity index (χ1) is 9.15. The van der Waals surface area contributed by atoms with Crippen molar-refractivity contribution in [2.45, 2.75) is 31.3 Å². The van der Waals surface area contributed by atoms with Gasteiger partial charge in [0, 0.05) is 17.7 Å². The van der Waals surface area contributed by atoms with Crippen molar-refractivity contribution in [3.05, 3.63) is 23.8 Å². The number of carboxylic acid groups (broad SMARTS) is 1. The molecule has 0 radical (unpaired) electrons. The van der Waals surface area contributed by atoms with Crippen LogP contribution in [0.4, 0.5) is 0 Å². The van der Waals surface area contributed by atoms with Crippen molar-refractivity contribution in [3.63, 3.8) is 0 Å². The molecule has 2 rings (SSSR count). The van der Waals surface area contributed by atoms with Gasteiger partial charge in [-0.05, 0) is 25.3 Å². The van der Waals surface area contributed by atoms with Crippen LogP contribution in [0.2, 0.25) is 0 Å². The first-order valence-corrected chi connectivity index (χ1v) is 6.36. The van der Waals surface area contributed by atoms with Gasteiger partial charge in [0.1, 0.15) is 17.5 Å². The van der Waals surface area contributed by atoms with E-state index in [-0.39, 0.29) is 6.04 Å². The number of methoxy groups -OCH3 is 2. The van der Waals surface area contributed by atoms with Gasteiger partial charge in [-0.15, -0.1) is 0 Å². The molecule has 5 nitrogen and oxygen atoms in total. The van der Waals surface area contributed by atoms with Crippen LogP contribution < -0.4 is 14.8 Å². The van der Waals surface area contributed by atoms with Gasteiger partial charge in [-0.25, -0.2) is 0 Å². The molecule has 2 atom stereocenters. The standard InChI is InChI=1S/C14H19NO4/c1-18-9-6-7-10(13(8-9)19-2)11-4-3-5-12(15-11)14(16)17/h6-8,11-12,15H,3-5H2,1-2H3,(H,16,17). The first kappa shape index (κ1) is 13.7. The molecule has 1 saturated heterocycles. The second-order valence-corrected chi connectivity index (χ2v) is 4.65.